The molecule has 0 aromatic heterocycles. The molecule has 1 rings (SSSR count). The van der Waals surface area contributed by atoms with Crippen LogP contribution in [0.3, 0.4) is 0 Å². The molecule has 0 aliphatic heterocycles. The molecule has 0 aliphatic rings. The monoisotopic (exact) mass is 232 g/mol. The third-order valence-corrected chi connectivity index (χ3v) is 2.42. The number of hydrogen-bond acceptors (Lipinski definition) is 4. The number of aromatic hydroxyl groups is 1. The predicted octanol–water partition coefficient (Wildman–Crippen LogP) is 2.12. The maximum atomic E-state index is 9.67. The molecule has 1 aromatic rings. The summed E-state index contributed by atoms with van der Waals surface area (Å²) in [4.78, 5) is 0. The number of phenols is 1. The van der Waals surface area contributed by atoms with Crippen LogP contribution in [0.4, 0.5) is 0 Å². The molecule has 1 unspecified atom stereocenters. The Balaban J connectivity index is 3.42. The van der Waals surface area contributed by atoms with Gasteiger partial charge in [-0.15, -0.1) is 0 Å². The molecule has 84 valence electrons. The van der Waals surface area contributed by atoms with Gasteiger partial charge in [0.05, 0.1) is 20.3 Å². The Morgan fingerprint density at radius 2 is 1.93 bits per heavy atom. The molecule has 0 heterocycles. The highest BCUT2D eigenvalue weighted by Crippen LogP contribution is 2.45. The molecule has 0 fully saturated rings. The van der Waals surface area contributed by atoms with Crippen molar-refractivity contribution in [3.63, 3.8) is 0 Å². The molecule has 0 spiro atoms. The van der Waals surface area contributed by atoms with Crippen LogP contribution in [0.5, 0.6) is 17.2 Å². The van der Waals surface area contributed by atoms with Crippen LogP contribution in [-0.2, 0) is 0 Å². The largest absolute Gasteiger partial charge is 0.506 e. The van der Waals surface area contributed by atoms with Crippen LogP contribution in [0.15, 0.2) is 6.07 Å². The Bertz CT molecular complexity index is 363. The van der Waals surface area contributed by atoms with Gasteiger partial charge in [-0.3, -0.25) is 0 Å². The lowest BCUT2D eigenvalue weighted by Crippen LogP contribution is -1.97. The summed E-state index contributed by atoms with van der Waals surface area (Å²) in [5.74, 6) is 0.432. The lowest BCUT2D eigenvalue weighted by atomic mass is 10.1. The van der Waals surface area contributed by atoms with Gasteiger partial charge in [-0.05, 0) is 13.0 Å². The van der Waals surface area contributed by atoms with Crippen molar-refractivity contribution in [2.75, 3.05) is 14.2 Å². The Labute approximate surface area is 93.0 Å². The molecule has 15 heavy (non-hydrogen) atoms. The van der Waals surface area contributed by atoms with Crippen LogP contribution in [0.2, 0.25) is 5.02 Å². The number of aliphatic hydroxyl groups excluding tert-OH is 1. The summed E-state index contributed by atoms with van der Waals surface area (Å²) in [5, 5.41) is 19.1. The predicted molar refractivity (Wildman–Crippen MR) is 56.9 cm³/mol. The minimum atomic E-state index is -0.831. The molecule has 5 heteroatoms. The smallest absolute Gasteiger partial charge is 0.183 e. The molecule has 0 amide bonds. The highest BCUT2D eigenvalue weighted by molar-refractivity contribution is 6.33. The molecule has 0 saturated carbocycles. The number of aliphatic hydroxyl groups is 1. The minimum Gasteiger partial charge on any atom is -0.506 e. The van der Waals surface area contributed by atoms with Crippen molar-refractivity contribution < 1.29 is 19.7 Å². The first-order valence-electron chi connectivity index (χ1n) is 4.34. The molecule has 0 radical (unpaired) electrons. The Morgan fingerprint density at radius 1 is 1.33 bits per heavy atom. The molecule has 0 aliphatic carbocycles. The average molecular weight is 233 g/mol. The fourth-order valence-corrected chi connectivity index (χ4v) is 1.56. The van der Waals surface area contributed by atoms with Crippen molar-refractivity contribution in [1.29, 1.82) is 0 Å². The van der Waals surface area contributed by atoms with Crippen LogP contribution < -0.4 is 9.47 Å². The van der Waals surface area contributed by atoms with Crippen LogP contribution in [0, 0.1) is 0 Å². The van der Waals surface area contributed by atoms with E-state index in [-0.39, 0.29) is 16.5 Å². The number of hydrogen-bond donors (Lipinski definition) is 2. The highest BCUT2D eigenvalue weighted by Gasteiger charge is 2.19. The highest BCUT2D eigenvalue weighted by atomic mass is 35.5. The molecule has 0 bridgehead atoms. The maximum absolute atomic E-state index is 9.67. The van der Waals surface area contributed by atoms with Gasteiger partial charge in [0.25, 0.3) is 0 Å². The number of benzene rings is 1. The van der Waals surface area contributed by atoms with E-state index in [0.29, 0.717) is 11.3 Å². The normalized spacial score (nSPS) is 12.3. The van der Waals surface area contributed by atoms with Gasteiger partial charge in [-0.1, -0.05) is 11.6 Å². The number of ether oxygens (including phenoxy) is 2. The maximum Gasteiger partial charge on any atom is 0.183 e. The van der Waals surface area contributed by atoms with E-state index in [0.717, 1.165) is 0 Å². The lowest BCUT2D eigenvalue weighted by molar-refractivity contribution is 0.194. The summed E-state index contributed by atoms with van der Waals surface area (Å²) < 4.78 is 10.0. The third kappa shape index (κ3) is 2.11. The number of rotatable bonds is 3. The number of methoxy groups -OCH3 is 2. The molecular formula is C10H13ClO4. The summed E-state index contributed by atoms with van der Waals surface area (Å²) in [5.41, 5.74) is 0.303. The lowest BCUT2D eigenvalue weighted by Gasteiger charge is -2.15. The van der Waals surface area contributed by atoms with Crippen molar-refractivity contribution in [3.05, 3.63) is 16.7 Å². The second-order valence-electron chi connectivity index (χ2n) is 3.04. The summed E-state index contributed by atoms with van der Waals surface area (Å²) in [6, 6.07) is 1.49. The van der Waals surface area contributed by atoms with Crippen molar-refractivity contribution in [1.82, 2.24) is 0 Å². The van der Waals surface area contributed by atoms with Gasteiger partial charge in [0.15, 0.2) is 11.5 Å². The quantitative estimate of drug-likeness (QED) is 0.838. The first-order chi connectivity index (χ1) is 7.02. The molecule has 0 saturated heterocycles. The Kier molecular flexibility index (Phi) is 3.66. The van der Waals surface area contributed by atoms with E-state index in [1.807, 2.05) is 0 Å². The molecule has 2 N–H and O–H groups in total. The van der Waals surface area contributed by atoms with Crippen molar-refractivity contribution >= 4 is 11.6 Å². The zero-order chi connectivity index (χ0) is 11.6. The summed E-state index contributed by atoms with van der Waals surface area (Å²) in [6.45, 7) is 1.53. The van der Waals surface area contributed by atoms with E-state index in [2.05, 4.69) is 0 Å². The van der Waals surface area contributed by atoms with E-state index in [9.17, 15) is 10.2 Å². The molecule has 4 nitrogen and oxygen atoms in total. The first-order valence-corrected chi connectivity index (χ1v) is 4.72. The Morgan fingerprint density at radius 3 is 2.33 bits per heavy atom. The molecular weight excluding hydrogens is 220 g/mol. The molecule has 1 aromatic carbocycles. The van der Waals surface area contributed by atoms with Crippen LogP contribution in [-0.4, -0.2) is 24.4 Å². The summed E-state index contributed by atoms with van der Waals surface area (Å²) >= 11 is 5.86. The summed E-state index contributed by atoms with van der Waals surface area (Å²) in [7, 11) is 2.88. The third-order valence-electron chi connectivity index (χ3n) is 2.07. The van der Waals surface area contributed by atoms with E-state index in [1.54, 1.807) is 0 Å². The van der Waals surface area contributed by atoms with Crippen LogP contribution >= 0.6 is 11.6 Å². The van der Waals surface area contributed by atoms with E-state index in [4.69, 9.17) is 21.1 Å². The minimum absolute atomic E-state index is 0.0350. The first kappa shape index (κ1) is 11.9. The fourth-order valence-electron chi connectivity index (χ4n) is 1.28. The van der Waals surface area contributed by atoms with Crippen LogP contribution in [0.1, 0.15) is 18.6 Å². The summed E-state index contributed by atoms with van der Waals surface area (Å²) in [6.07, 6.45) is -0.831. The van der Waals surface area contributed by atoms with Gasteiger partial charge in [-0.25, -0.2) is 0 Å². The van der Waals surface area contributed by atoms with E-state index in [1.165, 1.54) is 27.2 Å². The average Bonchev–Trinajstić information content (AvgIpc) is 2.21. The van der Waals surface area contributed by atoms with Gasteiger partial charge < -0.3 is 19.7 Å². The zero-order valence-corrected chi connectivity index (χ0v) is 9.50. The topological polar surface area (TPSA) is 58.9 Å². The molecule has 1 atom stereocenters. The standard InChI is InChI=1S/C10H13ClO4/c1-5(12)6-4-7(14-2)10(15-3)8(11)9(6)13/h4-5,12-13H,1-3H3. The van der Waals surface area contributed by atoms with Crippen molar-refractivity contribution in [3.8, 4) is 17.2 Å². The van der Waals surface area contributed by atoms with Gasteiger partial charge in [0, 0.05) is 5.56 Å². The second-order valence-corrected chi connectivity index (χ2v) is 3.42. The van der Waals surface area contributed by atoms with Gasteiger partial charge in [0.2, 0.25) is 0 Å². The number of phenolic OH excluding ortho intramolecular Hbond substituents is 1. The SMILES string of the molecule is COc1cc(C(C)O)c(O)c(Cl)c1OC. The van der Waals surface area contributed by atoms with E-state index < -0.39 is 6.10 Å². The van der Waals surface area contributed by atoms with Gasteiger partial charge >= 0.3 is 0 Å². The van der Waals surface area contributed by atoms with Gasteiger partial charge in [0.1, 0.15) is 10.8 Å². The van der Waals surface area contributed by atoms with Crippen LogP contribution in [0.25, 0.3) is 0 Å². The zero-order valence-electron chi connectivity index (χ0n) is 8.74. The van der Waals surface area contributed by atoms with Gasteiger partial charge in [-0.2, -0.15) is 0 Å². The number of halogens is 1. The van der Waals surface area contributed by atoms with Crippen molar-refractivity contribution in [2.45, 2.75) is 13.0 Å². The Hall–Kier alpha value is -1.13. The van der Waals surface area contributed by atoms with Crippen molar-refractivity contribution in [2.24, 2.45) is 0 Å². The second kappa shape index (κ2) is 4.59. The fraction of sp³-hybridized carbons (Fsp3) is 0.400. The van der Waals surface area contributed by atoms with E-state index >= 15 is 0 Å².